The van der Waals surface area contributed by atoms with Crippen LogP contribution in [0.25, 0.3) is 0 Å². The lowest BCUT2D eigenvalue weighted by atomic mass is 9.98. The van der Waals surface area contributed by atoms with Crippen LogP contribution in [0.5, 0.6) is 0 Å². The number of aliphatic hydroxyl groups excluding tert-OH is 4. The predicted molar refractivity (Wildman–Crippen MR) is 35.2 cm³/mol. The Kier molecular flexibility index (Phi) is 2.67. The summed E-state index contributed by atoms with van der Waals surface area (Å²) in [6.07, 6.45) is -3.80. The van der Waals surface area contributed by atoms with E-state index < -0.39 is 37.3 Å². The summed E-state index contributed by atoms with van der Waals surface area (Å²) in [4.78, 5) is 0. The standard InChI is InChI=1S/C6H11O6/c7-2-6(11)5(10)4(9)3(8)1-12-6/h4-5,7-11H,1-2H2/t4-,5+,6-/m1/s1. The van der Waals surface area contributed by atoms with Crippen LogP contribution < -0.4 is 0 Å². The zero-order valence-electron chi connectivity index (χ0n) is 6.21. The molecular formula is C6H11O6. The van der Waals surface area contributed by atoms with Crippen LogP contribution in [0.1, 0.15) is 0 Å². The quantitative estimate of drug-likeness (QED) is 0.300. The average molecular weight is 179 g/mol. The fourth-order valence-corrected chi connectivity index (χ4v) is 0.938. The van der Waals surface area contributed by atoms with Gasteiger partial charge in [0.1, 0.15) is 18.3 Å². The topological polar surface area (TPSA) is 110 Å². The second-order valence-electron chi connectivity index (χ2n) is 2.67. The maximum Gasteiger partial charge on any atom is 0.218 e. The molecule has 0 aromatic heterocycles. The highest BCUT2D eigenvalue weighted by Crippen LogP contribution is 2.26. The minimum absolute atomic E-state index is 0.407. The van der Waals surface area contributed by atoms with Gasteiger partial charge in [0.05, 0.1) is 13.2 Å². The van der Waals surface area contributed by atoms with Crippen LogP contribution in [0.4, 0.5) is 0 Å². The summed E-state index contributed by atoms with van der Waals surface area (Å²) in [6, 6.07) is 0. The first-order valence-corrected chi connectivity index (χ1v) is 3.39. The first kappa shape index (κ1) is 9.85. The molecule has 0 aromatic rings. The first-order chi connectivity index (χ1) is 5.51. The Balaban J connectivity index is 2.71. The Labute approximate surface area is 68.6 Å². The highest BCUT2D eigenvalue weighted by Gasteiger charge is 2.48. The molecule has 3 atom stereocenters. The van der Waals surface area contributed by atoms with Crippen molar-refractivity contribution in [3.63, 3.8) is 0 Å². The summed E-state index contributed by atoms with van der Waals surface area (Å²) >= 11 is 0. The third-order valence-corrected chi connectivity index (χ3v) is 1.80. The van der Waals surface area contributed by atoms with E-state index in [-0.39, 0.29) is 0 Å². The zero-order valence-corrected chi connectivity index (χ0v) is 6.21. The fraction of sp³-hybridized carbons (Fsp3) is 0.833. The molecule has 1 saturated heterocycles. The molecule has 0 unspecified atom stereocenters. The van der Waals surface area contributed by atoms with Crippen molar-refractivity contribution in [3.05, 3.63) is 6.10 Å². The summed E-state index contributed by atoms with van der Waals surface area (Å²) in [5, 5.41) is 44.8. The maximum absolute atomic E-state index is 9.23. The van der Waals surface area contributed by atoms with E-state index in [4.69, 9.17) is 20.4 Å². The third-order valence-electron chi connectivity index (χ3n) is 1.80. The van der Waals surface area contributed by atoms with Gasteiger partial charge in [-0.2, -0.15) is 0 Å². The summed E-state index contributed by atoms with van der Waals surface area (Å²) in [7, 11) is 0. The van der Waals surface area contributed by atoms with Crippen LogP contribution in [0.2, 0.25) is 0 Å². The molecule has 6 heteroatoms. The van der Waals surface area contributed by atoms with E-state index in [2.05, 4.69) is 4.74 Å². The summed E-state index contributed by atoms with van der Waals surface area (Å²) in [6.45, 7) is -1.26. The zero-order chi connectivity index (χ0) is 9.35. The third kappa shape index (κ3) is 1.45. The molecule has 1 aliphatic heterocycles. The van der Waals surface area contributed by atoms with Gasteiger partial charge in [-0.05, 0) is 0 Å². The van der Waals surface area contributed by atoms with Gasteiger partial charge in [0.2, 0.25) is 5.79 Å². The molecule has 0 saturated carbocycles. The number of ether oxygens (including phenoxy) is 1. The highest BCUT2D eigenvalue weighted by molar-refractivity contribution is 5.00. The lowest BCUT2D eigenvalue weighted by Crippen LogP contribution is -2.60. The largest absolute Gasteiger partial charge is 0.391 e. The van der Waals surface area contributed by atoms with Crippen LogP contribution >= 0.6 is 0 Å². The minimum atomic E-state index is -2.19. The Hall–Kier alpha value is -0.240. The van der Waals surface area contributed by atoms with Crippen molar-refractivity contribution in [2.45, 2.75) is 18.0 Å². The maximum atomic E-state index is 9.23. The molecule has 1 aliphatic rings. The van der Waals surface area contributed by atoms with Crippen LogP contribution in [-0.4, -0.2) is 56.7 Å². The van der Waals surface area contributed by atoms with Crippen molar-refractivity contribution in [3.8, 4) is 0 Å². The van der Waals surface area contributed by atoms with Gasteiger partial charge in [-0.1, -0.05) is 0 Å². The molecule has 0 aromatic carbocycles. The number of rotatable bonds is 1. The van der Waals surface area contributed by atoms with Crippen molar-refractivity contribution in [1.29, 1.82) is 0 Å². The first-order valence-electron chi connectivity index (χ1n) is 3.39. The molecule has 1 heterocycles. The van der Waals surface area contributed by atoms with Gasteiger partial charge < -0.3 is 30.3 Å². The van der Waals surface area contributed by atoms with Gasteiger partial charge in [-0.25, -0.2) is 0 Å². The normalized spacial score (nSPS) is 44.8. The molecule has 1 radical (unpaired) electrons. The van der Waals surface area contributed by atoms with E-state index in [1.807, 2.05) is 0 Å². The molecule has 0 spiro atoms. The molecular weight excluding hydrogens is 168 g/mol. The van der Waals surface area contributed by atoms with Gasteiger partial charge in [0.25, 0.3) is 0 Å². The Morgan fingerprint density at radius 2 is 2.08 bits per heavy atom. The smallest absolute Gasteiger partial charge is 0.218 e. The van der Waals surface area contributed by atoms with E-state index in [0.29, 0.717) is 0 Å². The molecule has 5 N–H and O–H groups in total. The molecule has 0 amide bonds. The monoisotopic (exact) mass is 179 g/mol. The molecule has 1 rings (SSSR count). The van der Waals surface area contributed by atoms with E-state index in [1.54, 1.807) is 0 Å². The second kappa shape index (κ2) is 3.25. The van der Waals surface area contributed by atoms with Gasteiger partial charge in [-0.15, -0.1) is 0 Å². The molecule has 1 fully saturated rings. The summed E-state index contributed by atoms with van der Waals surface area (Å²) < 4.78 is 4.52. The minimum Gasteiger partial charge on any atom is -0.391 e. The van der Waals surface area contributed by atoms with Gasteiger partial charge in [0, 0.05) is 0 Å². The molecule has 0 bridgehead atoms. The van der Waals surface area contributed by atoms with E-state index in [1.165, 1.54) is 0 Å². The van der Waals surface area contributed by atoms with Crippen molar-refractivity contribution in [2.24, 2.45) is 0 Å². The van der Waals surface area contributed by atoms with Crippen LogP contribution in [0.15, 0.2) is 0 Å². The van der Waals surface area contributed by atoms with Gasteiger partial charge in [-0.3, -0.25) is 0 Å². The van der Waals surface area contributed by atoms with E-state index >= 15 is 0 Å². The average Bonchev–Trinajstić information content (AvgIpc) is 2.09. The molecule has 0 aliphatic carbocycles. The molecule has 12 heavy (non-hydrogen) atoms. The van der Waals surface area contributed by atoms with E-state index in [0.717, 1.165) is 0 Å². The Bertz CT molecular complexity index is 162. The van der Waals surface area contributed by atoms with E-state index in [9.17, 15) is 5.11 Å². The van der Waals surface area contributed by atoms with Crippen LogP contribution in [-0.2, 0) is 4.74 Å². The highest BCUT2D eigenvalue weighted by atomic mass is 16.7. The summed E-state index contributed by atoms with van der Waals surface area (Å²) in [5.74, 6) is -2.19. The molecule has 71 valence electrons. The predicted octanol–water partition coefficient (Wildman–Crippen LogP) is -2.68. The van der Waals surface area contributed by atoms with Crippen molar-refractivity contribution >= 4 is 0 Å². The van der Waals surface area contributed by atoms with Crippen molar-refractivity contribution < 1.29 is 30.3 Å². The lowest BCUT2D eigenvalue weighted by Gasteiger charge is -2.39. The fourth-order valence-electron chi connectivity index (χ4n) is 0.938. The number of hydrogen-bond acceptors (Lipinski definition) is 6. The van der Waals surface area contributed by atoms with Gasteiger partial charge in [0.15, 0.2) is 0 Å². The Morgan fingerprint density at radius 1 is 1.50 bits per heavy atom. The van der Waals surface area contributed by atoms with Crippen LogP contribution in [0.3, 0.4) is 0 Å². The Morgan fingerprint density at radius 3 is 2.58 bits per heavy atom. The SMILES string of the molecule is OC[C@@]1(O)OC[C](O)[C@@H](O)[C@@H]1O. The number of hydrogen-bond donors (Lipinski definition) is 5. The van der Waals surface area contributed by atoms with Crippen molar-refractivity contribution in [2.75, 3.05) is 13.2 Å². The molecule has 6 nitrogen and oxygen atoms in total. The van der Waals surface area contributed by atoms with Crippen LogP contribution in [0, 0.1) is 6.10 Å². The number of aliphatic hydroxyl groups is 5. The van der Waals surface area contributed by atoms with Crippen molar-refractivity contribution in [1.82, 2.24) is 0 Å². The lowest BCUT2D eigenvalue weighted by molar-refractivity contribution is -0.314. The summed E-state index contributed by atoms with van der Waals surface area (Å²) in [5.41, 5.74) is 0. The van der Waals surface area contributed by atoms with Gasteiger partial charge >= 0.3 is 0 Å². The second-order valence-corrected chi connectivity index (χ2v) is 2.67.